The molecule has 28 heavy (non-hydrogen) atoms. The SMILES string of the molecule is N#Cc1c(-c2cccc(Oc3ccccc3)c2)cc(-c2ccccc2)nc1N. The van der Waals surface area contributed by atoms with E-state index in [1.165, 1.54) is 0 Å². The summed E-state index contributed by atoms with van der Waals surface area (Å²) in [4.78, 5) is 4.41. The molecule has 0 atom stereocenters. The lowest BCUT2D eigenvalue weighted by atomic mass is 9.98. The summed E-state index contributed by atoms with van der Waals surface area (Å²) in [5.74, 6) is 1.65. The first-order valence-corrected chi connectivity index (χ1v) is 8.84. The number of nitrogen functional groups attached to an aromatic ring is 1. The molecule has 0 radical (unpaired) electrons. The Morgan fingerprint density at radius 2 is 1.39 bits per heavy atom. The van der Waals surface area contributed by atoms with Crippen LogP contribution in [0.25, 0.3) is 22.4 Å². The maximum atomic E-state index is 9.63. The molecule has 4 heteroatoms. The molecule has 1 aromatic heterocycles. The minimum Gasteiger partial charge on any atom is -0.457 e. The van der Waals surface area contributed by atoms with E-state index >= 15 is 0 Å². The van der Waals surface area contributed by atoms with Crippen LogP contribution in [0.1, 0.15) is 5.56 Å². The van der Waals surface area contributed by atoms with Gasteiger partial charge in [-0.15, -0.1) is 0 Å². The van der Waals surface area contributed by atoms with Crippen molar-refractivity contribution in [3.63, 3.8) is 0 Å². The third-order valence-corrected chi connectivity index (χ3v) is 4.35. The third kappa shape index (κ3) is 3.55. The quantitative estimate of drug-likeness (QED) is 0.508. The van der Waals surface area contributed by atoms with Crippen LogP contribution in [0, 0.1) is 11.3 Å². The van der Waals surface area contributed by atoms with E-state index in [-0.39, 0.29) is 5.82 Å². The first-order valence-electron chi connectivity index (χ1n) is 8.84. The van der Waals surface area contributed by atoms with Crippen molar-refractivity contribution in [3.05, 3.63) is 96.6 Å². The molecule has 0 aliphatic rings. The molecule has 0 fully saturated rings. The first kappa shape index (κ1) is 17.3. The normalized spacial score (nSPS) is 10.2. The minimum atomic E-state index is 0.216. The zero-order chi connectivity index (χ0) is 19.3. The molecule has 4 rings (SSSR count). The van der Waals surface area contributed by atoms with Crippen LogP contribution in [0.3, 0.4) is 0 Å². The van der Waals surface area contributed by atoms with Crippen LogP contribution in [0.2, 0.25) is 0 Å². The molecule has 134 valence electrons. The van der Waals surface area contributed by atoms with Crippen LogP contribution >= 0.6 is 0 Å². The lowest BCUT2D eigenvalue weighted by Crippen LogP contribution is -1.99. The van der Waals surface area contributed by atoms with Gasteiger partial charge in [0.1, 0.15) is 28.9 Å². The molecule has 2 N–H and O–H groups in total. The van der Waals surface area contributed by atoms with Gasteiger partial charge in [0.2, 0.25) is 0 Å². The van der Waals surface area contributed by atoms with Gasteiger partial charge < -0.3 is 10.5 Å². The summed E-state index contributed by atoms with van der Waals surface area (Å²) in [5.41, 5.74) is 9.70. The largest absolute Gasteiger partial charge is 0.457 e. The average molecular weight is 363 g/mol. The lowest BCUT2D eigenvalue weighted by Gasteiger charge is -2.12. The maximum Gasteiger partial charge on any atom is 0.142 e. The standard InChI is InChI=1S/C24H17N3O/c25-16-22-21(15-23(27-24(22)26)17-8-3-1-4-9-17)18-10-7-13-20(14-18)28-19-11-5-2-6-12-19/h1-15H,(H2,26,27). The Morgan fingerprint density at radius 3 is 2.11 bits per heavy atom. The van der Waals surface area contributed by atoms with Crippen LogP contribution < -0.4 is 10.5 Å². The summed E-state index contributed by atoms with van der Waals surface area (Å²) in [6.07, 6.45) is 0. The van der Waals surface area contributed by atoms with Gasteiger partial charge in [0.25, 0.3) is 0 Å². The van der Waals surface area contributed by atoms with Crippen LogP contribution in [-0.2, 0) is 0 Å². The molecule has 0 aliphatic heterocycles. The maximum absolute atomic E-state index is 9.63. The monoisotopic (exact) mass is 363 g/mol. The highest BCUT2D eigenvalue weighted by molar-refractivity contribution is 5.80. The Kier molecular flexibility index (Phi) is 4.73. The van der Waals surface area contributed by atoms with E-state index in [1.807, 2.05) is 91.0 Å². The van der Waals surface area contributed by atoms with Gasteiger partial charge in [-0.3, -0.25) is 0 Å². The third-order valence-electron chi connectivity index (χ3n) is 4.35. The predicted octanol–water partition coefficient (Wildman–Crippen LogP) is 5.66. The van der Waals surface area contributed by atoms with Crippen molar-refractivity contribution in [2.75, 3.05) is 5.73 Å². The number of hydrogen-bond acceptors (Lipinski definition) is 4. The molecule has 0 saturated carbocycles. The number of nitrogens with zero attached hydrogens (tertiary/aromatic N) is 2. The number of rotatable bonds is 4. The van der Waals surface area contributed by atoms with E-state index < -0.39 is 0 Å². The van der Waals surface area contributed by atoms with Crippen molar-refractivity contribution < 1.29 is 4.74 Å². The lowest BCUT2D eigenvalue weighted by molar-refractivity contribution is 0.483. The predicted molar refractivity (Wildman–Crippen MR) is 111 cm³/mol. The average Bonchev–Trinajstić information content (AvgIpc) is 2.75. The van der Waals surface area contributed by atoms with Gasteiger partial charge >= 0.3 is 0 Å². The molecule has 1 heterocycles. The van der Waals surface area contributed by atoms with Gasteiger partial charge in [-0.2, -0.15) is 5.26 Å². The van der Waals surface area contributed by atoms with Gasteiger partial charge in [0, 0.05) is 11.1 Å². The molecule has 0 unspecified atom stereocenters. The number of ether oxygens (including phenoxy) is 1. The summed E-state index contributed by atoms with van der Waals surface area (Å²) >= 11 is 0. The Hall–Kier alpha value is -4.10. The number of anilines is 1. The van der Waals surface area contributed by atoms with E-state index in [9.17, 15) is 5.26 Å². The fraction of sp³-hybridized carbons (Fsp3) is 0. The smallest absolute Gasteiger partial charge is 0.142 e. The molecular weight excluding hydrogens is 346 g/mol. The van der Waals surface area contributed by atoms with Crippen molar-refractivity contribution in [1.82, 2.24) is 4.98 Å². The summed E-state index contributed by atoms with van der Waals surface area (Å²) in [6, 6.07) is 31.0. The van der Waals surface area contributed by atoms with E-state index in [2.05, 4.69) is 11.1 Å². The van der Waals surface area contributed by atoms with Crippen molar-refractivity contribution in [2.24, 2.45) is 0 Å². The topological polar surface area (TPSA) is 71.9 Å². The fourth-order valence-electron chi connectivity index (χ4n) is 3.02. The summed E-state index contributed by atoms with van der Waals surface area (Å²) in [7, 11) is 0. The molecular formula is C24H17N3O. The second-order valence-corrected chi connectivity index (χ2v) is 6.24. The van der Waals surface area contributed by atoms with E-state index in [0.29, 0.717) is 11.3 Å². The van der Waals surface area contributed by atoms with Gasteiger partial charge in [-0.25, -0.2) is 4.98 Å². The Bertz CT molecular complexity index is 1150. The summed E-state index contributed by atoms with van der Waals surface area (Å²) in [6.45, 7) is 0. The first-order chi connectivity index (χ1) is 13.7. The van der Waals surface area contributed by atoms with Crippen LogP contribution in [0.15, 0.2) is 91.0 Å². The number of para-hydroxylation sites is 1. The minimum absolute atomic E-state index is 0.216. The molecule has 0 spiro atoms. The highest BCUT2D eigenvalue weighted by atomic mass is 16.5. The number of nitriles is 1. The molecule has 4 aromatic rings. The van der Waals surface area contributed by atoms with Crippen LogP contribution in [0.4, 0.5) is 5.82 Å². The number of pyridine rings is 1. The van der Waals surface area contributed by atoms with Crippen LogP contribution in [-0.4, -0.2) is 4.98 Å². The van der Waals surface area contributed by atoms with Crippen LogP contribution in [0.5, 0.6) is 11.5 Å². The van der Waals surface area contributed by atoms with E-state index in [1.54, 1.807) is 0 Å². The number of hydrogen-bond donors (Lipinski definition) is 1. The number of aromatic nitrogens is 1. The molecule has 3 aromatic carbocycles. The highest BCUT2D eigenvalue weighted by Gasteiger charge is 2.14. The molecule has 4 nitrogen and oxygen atoms in total. The van der Waals surface area contributed by atoms with Crippen molar-refractivity contribution in [1.29, 1.82) is 5.26 Å². The van der Waals surface area contributed by atoms with Crippen molar-refractivity contribution in [3.8, 4) is 40.0 Å². The second-order valence-electron chi connectivity index (χ2n) is 6.24. The van der Waals surface area contributed by atoms with E-state index in [4.69, 9.17) is 10.5 Å². The zero-order valence-electron chi connectivity index (χ0n) is 15.0. The summed E-state index contributed by atoms with van der Waals surface area (Å²) in [5, 5.41) is 9.63. The van der Waals surface area contributed by atoms with Gasteiger partial charge in [0.05, 0.1) is 5.69 Å². The van der Waals surface area contributed by atoms with Crippen molar-refractivity contribution in [2.45, 2.75) is 0 Å². The van der Waals surface area contributed by atoms with Gasteiger partial charge in [-0.05, 0) is 35.9 Å². The highest BCUT2D eigenvalue weighted by Crippen LogP contribution is 2.33. The Morgan fingerprint density at radius 1 is 0.750 bits per heavy atom. The van der Waals surface area contributed by atoms with Gasteiger partial charge in [-0.1, -0.05) is 60.7 Å². The Labute approximate surface area is 163 Å². The van der Waals surface area contributed by atoms with E-state index in [0.717, 1.165) is 28.1 Å². The zero-order valence-corrected chi connectivity index (χ0v) is 15.0. The molecule has 0 amide bonds. The van der Waals surface area contributed by atoms with Gasteiger partial charge in [0.15, 0.2) is 0 Å². The molecule has 0 bridgehead atoms. The fourth-order valence-corrected chi connectivity index (χ4v) is 3.02. The molecule has 0 aliphatic carbocycles. The van der Waals surface area contributed by atoms with Crippen molar-refractivity contribution >= 4 is 5.82 Å². The summed E-state index contributed by atoms with van der Waals surface area (Å²) < 4.78 is 5.93. The number of nitrogens with two attached hydrogens (primary N) is 1. The Balaban J connectivity index is 1.79. The second kappa shape index (κ2) is 7.65. The molecule has 0 saturated heterocycles. The number of benzene rings is 3.